The molecule has 0 N–H and O–H groups in total. The van der Waals surface area contributed by atoms with Crippen molar-refractivity contribution in [1.82, 2.24) is 9.13 Å². The molecule has 0 aliphatic rings. The van der Waals surface area contributed by atoms with Crippen LogP contribution < -0.4 is 0 Å². The molecule has 5 heteroatoms. The van der Waals surface area contributed by atoms with Crippen molar-refractivity contribution < 1.29 is 0 Å². The maximum absolute atomic E-state index is 8.28. The molecule has 7 aromatic carbocycles. The molecule has 230 valence electrons. The monoisotopic (exact) mass is 635 g/mol. The molecule has 0 radical (unpaired) electrons. The molecule has 0 bridgehead atoms. The summed E-state index contributed by atoms with van der Waals surface area (Å²) in [4.78, 5) is 11.5. The largest absolute Gasteiger partial charge is 0.310 e. The first-order valence-electron chi connectivity index (χ1n) is 16.2. The third-order valence-electron chi connectivity index (χ3n) is 9.56. The van der Waals surface area contributed by atoms with Gasteiger partial charge in [-0.25, -0.2) is 14.5 Å². The Labute approximate surface area is 288 Å². The molecular weight excluding hydrogens is 611 g/mol. The van der Waals surface area contributed by atoms with Crippen LogP contribution in [0.15, 0.2) is 152 Å². The minimum atomic E-state index is 0.565. The highest BCUT2D eigenvalue weighted by atomic mass is 15.0. The molecule has 2 heterocycles. The van der Waals surface area contributed by atoms with Crippen molar-refractivity contribution in [2.24, 2.45) is 0 Å². The summed E-state index contributed by atoms with van der Waals surface area (Å²) < 4.78 is 4.48. The van der Waals surface area contributed by atoms with E-state index in [1.807, 2.05) is 84.9 Å². The second-order valence-electron chi connectivity index (χ2n) is 12.2. The van der Waals surface area contributed by atoms with Crippen molar-refractivity contribution >= 4 is 60.7 Å². The Morgan fingerprint density at radius 2 is 1.02 bits per heavy atom. The fraction of sp³-hybridized carbons (Fsp3) is 0. The highest BCUT2D eigenvalue weighted by molar-refractivity contribution is 6.12. The van der Waals surface area contributed by atoms with E-state index < -0.39 is 0 Å². The second kappa shape index (κ2) is 11.4. The number of fused-ring (bicyclic) bond motifs is 6. The van der Waals surface area contributed by atoms with Crippen LogP contribution in [0, 0.1) is 19.7 Å². The number of rotatable bonds is 4. The van der Waals surface area contributed by atoms with E-state index in [1.165, 1.54) is 0 Å². The highest BCUT2D eigenvalue weighted by Crippen LogP contribution is 2.45. The quantitative estimate of drug-likeness (QED) is 0.172. The molecule has 0 amide bonds. The van der Waals surface area contributed by atoms with Gasteiger partial charge in [-0.2, -0.15) is 0 Å². The number of hydrogen-bond acceptors (Lipinski definition) is 0. The smallest absolute Gasteiger partial charge is 0.195 e. The predicted molar refractivity (Wildman–Crippen MR) is 205 cm³/mol. The van der Waals surface area contributed by atoms with E-state index in [9.17, 15) is 0 Å². The fourth-order valence-electron chi connectivity index (χ4n) is 7.45. The molecule has 0 spiro atoms. The van der Waals surface area contributed by atoms with Gasteiger partial charge >= 0.3 is 0 Å². The lowest BCUT2D eigenvalue weighted by atomic mass is 9.91. The molecule has 0 saturated carbocycles. The first kappa shape index (κ1) is 28.8. The Kier molecular flexibility index (Phi) is 6.56. The van der Waals surface area contributed by atoms with Crippen molar-refractivity contribution in [1.29, 1.82) is 0 Å². The number of para-hydroxylation sites is 3. The van der Waals surface area contributed by atoms with Crippen LogP contribution in [0.5, 0.6) is 0 Å². The molecule has 0 aliphatic heterocycles. The van der Waals surface area contributed by atoms with Crippen molar-refractivity contribution in [3.8, 4) is 33.6 Å². The van der Waals surface area contributed by atoms with Crippen LogP contribution in [-0.4, -0.2) is 9.13 Å². The van der Waals surface area contributed by atoms with Crippen molar-refractivity contribution in [3.05, 3.63) is 186 Å². The molecule has 2 aromatic heterocycles. The molecule has 0 unspecified atom stereocenters. The lowest BCUT2D eigenvalue weighted by Gasteiger charge is -2.19. The normalized spacial score (nSPS) is 11.1. The summed E-state index contributed by atoms with van der Waals surface area (Å²) in [6.07, 6.45) is 0. The average Bonchev–Trinajstić information content (AvgIpc) is 3.69. The van der Waals surface area contributed by atoms with E-state index in [0.717, 1.165) is 77.2 Å². The summed E-state index contributed by atoms with van der Waals surface area (Å²) in [5.41, 5.74) is 11.5. The van der Waals surface area contributed by atoms with Gasteiger partial charge in [-0.3, -0.25) is 0 Å². The summed E-state index contributed by atoms with van der Waals surface area (Å²) >= 11 is 0. The lowest BCUT2D eigenvalue weighted by Crippen LogP contribution is -1.98. The Balaban J connectivity index is 1.30. The van der Waals surface area contributed by atoms with Gasteiger partial charge in [0.1, 0.15) is 0 Å². The van der Waals surface area contributed by atoms with Gasteiger partial charge in [0.15, 0.2) is 17.1 Å². The summed E-state index contributed by atoms with van der Waals surface area (Å²) in [5, 5.41) is 4.31. The van der Waals surface area contributed by atoms with Crippen LogP contribution in [0.2, 0.25) is 0 Å². The number of aromatic nitrogens is 2. The van der Waals surface area contributed by atoms with Gasteiger partial charge in [0.2, 0.25) is 0 Å². The molecule has 9 rings (SSSR count). The predicted octanol–water partition coefficient (Wildman–Crippen LogP) is 12.9. The number of benzene rings is 7. The van der Waals surface area contributed by atoms with Crippen molar-refractivity contribution in [3.63, 3.8) is 0 Å². The minimum absolute atomic E-state index is 0.565. The van der Waals surface area contributed by atoms with Gasteiger partial charge in [0, 0.05) is 27.4 Å². The van der Waals surface area contributed by atoms with Gasteiger partial charge in [-0.05, 0) is 76.2 Å². The summed E-state index contributed by atoms with van der Waals surface area (Å²) in [7, 11) is 0. The molecule has 0 fully saturated rings. The van der Waals surface area contributed by atoms with Crippen LogP contribution in [-0.2, 0) is 0 Å². The zero-order valence-corrected chi connectivity index (χ0v) is 26.7. The molecule has 50 heavy (non-hydrogen) atoms. The molecule has 0 saturated heterocycles. The zero-order valence-electron chi connectivity index (χ0n) is 26.7. The summed E-state index contributed by atoms with van der Waals surface area (Å²) in [6, 6.07) is 51.0. The standard InChI is InChI=1S/C45H25N5/c1-46-30-23-25-43-38(27-30)35-15-5-8-20-41(35)50(43)42-21-9-6-16-37(42)45-33(17-11-18-39(45)48-3)29-12-10-13-32(26-29)49-40-19-7-4-14-34(40)36-24-22-31(47-2)28-44(36)49/h4-28H. The third-order valence-corrected chi connectivity index (χ3v) is 9.56. The van der Waals surface area contributed by atoms with Gasteiger partial charge in [0.05, 0.1) is 42.0 Å². The molecule has 5 nitrogen and oxygen atoms in total. The Morgan fingerprint density at radius 1 is 0.400 bits per heavy atom. The lowest BCUT2D eigenvalue weighted by molar-refractivity contribution is 1.18. The van der Waals surface area contributed by atoms with E-state index in [4.69, 9.17) is 19.7 Å². The van der Waals surface area contributed by atoms with Crippen LogP contribution in [0.3, 0.4) is 0 Å². The Morgan fingerprint density at radius 3 is 1.82 bits per heavy atom. The first-order chi connectivity index (χ1) is 24.7. The fourth-order valence-corrected chi connectivity index (χ4v) is 7.45. The molecule has 0 atom stereocenters. The van der Waals surface area contributed by atoms with E-state index in [0.29, 0.717) is 17.1 Å². The Bertz CT molecular complexity index is 2970. The maximum Gasteiger partial charge on any atom is 0.195 e. The van der Waals surface area contributed by atoms with E-state index >= 15 is 0 Å². The van der Waals surface area contributed by atoms with E-state index in [-0.39, 0.29) is 0 Å². The van der Waals surface area contributed by atoms with Gasteiger partial charge in [-0.1, -0.05) is 103 Å². The van der Waals surface area contributed by atoms with E-state index in [2.05, 4.69) is 90.4 Å². The van der Waals surface area contributed by atoms with Crippen molar-refractivity contribution in [2.45, 2.75) is 0 Å². The minimum Gasteiger partial charge on any atom is -0.310 e. The van der Waals surface area contributed by atoms with Crippen LogP contribution in [0.1, 0.15) is 0 Å². The highest BCUT2D eigenvalue weighted by Gasteiger charge is 2.21. The van der Waals surface area contributed by atoms with Crippen molar-refractivity contribution in [2.75, 3.05) is 0 Å². The molecular formula is C45H25N5. The van der Waals surface area contributed by atoms with Crippen LogP contribution >= 0.6 is 0 Å². The van der Waals surface area contributed by atoms with E-state index in [1.54, 1.807) is 0 Å². The topological polar surface area (TPSA) is 22.9 Å². The average molecular weight is 636 g/mol. The zero-order chi connectivity index (χ0) is 33.8. The summed E-state index contributed by atoms with van der Waals surface area (Å²) in [6.45, 7) is 23.6. The molecule has 9 aromatic rings. The SMILES string of the molecule is [C-]#[N+]c1ccc2c(c1)c1ccccc1n2-c1ccccc1-c1c([N+]#[C-])cccc1-c1cccc(-n2c3ccccc3c3ccc([N+]#[C-])cc32)c1. The summed E-state index contributed by atoms with van der Waals surface area (Å²) in [5.74, 6) is 0. The van der Waals surface area contributed by atoms with Gasteiger partial charge in [0.25, 0.3) is 0 Å². The number of nitrogens with zero attached hydrogens (tertiary/aromatic N) is 5. The van der Waals surface area contributed by atoms with Gasteiger partial charge in [-0.15, -0.1) is 0 Å². The first-order valence-corrected chi connectivity index (χ1v) is 16.2. The molecule has 0 aliphatic carbocycles. The second-order valence-corrected chi connectivity index (χ2v) is 12.2. The Hall–Kier alpha value is -7.39. The number of hydrogen-bond donors (Lipinski definition) is 0. The maximum atomic E-state index is 8.28. The van der Waals surface area contributed by atoms with Crippen LogP contribution in [0.4, 0.5) is 17.1 Å². The van der Waals surface area contributed by atoms with Crippen LogP contribution in [0.25, 0.3) is 91.8 Å². The van der Waals surface area contributed by atoms with Gasteiger partial charge < -0.3 is 9.13 Å². The third kappa shape index (κ3) is 4.31.